The van der Waals surface area contributed by atoms with Crippen molar-refractivity contribution in [3.05, 3.63) is 36.5 Å². The van der Waals surface area contributed by atoms with Crippen molar-refractivity contribution in [1.82, 2.24) is 10.2 Å². The molecule has 136 valence electrons. The first-order valence-corrected chi connectivity index (χ1v) is 7.84. The molecule has 0 bridgehead atoms. The number of hydrogen-bond donors (Lipinski definition) is 2. The Morgan fingerprint density at radius 2 is 1.54 bits per heavy atom. The van der Waals surface area contributed by atoms with Gasteiger partial charge in [0.1, 0.15) is 11.5 Å². The highest BCUT2D eigenvalue weighted by Gasteiger charge is 2.19. The third-order valence-electron chi connectivity index (χ3n) is 4.09. The molecule has 0 radical (unpaired) electrons. The molecule has 3 aromatic rings. The molecule has 0 atom stereocenters. The van der Waals surface area contributed by atoms with Gasteiger partial charge in [-0.2, -0.15) is 5.10 Å². The van der Waals surface area contributed by atoms with Crippen molar-refractivity contribution in [2.24, 2.45) is 0 Å². The molecular formula is C19H20N2O5. The molecule has 0 saturated heterocycles. The molecular weight excluding hydrogens is 336 g/mol. The molecule has 0 fully saturated rings. The maximum atomic E-state index is 10.4. The fourth-order valence-electron chi connectivity index (χ4n) is 2.80. The Kier molecular flexibility index (Phi) is 4.88. The van der Waals surface area contributed by atoms with Crippen molar-refractivity contribution >= 4 is 0 Å². The van der Waals surface area contributed by atoms with Crippen molar-refractivity contribution in [1.29, 1.82) is 0 Å². The molecule has 0 unspecified atom stereocenters. The first-order valence-electron chi connectivity index (χ1n) is 7.84. The van der Waals surface area contributed by atoms with Crippen molar-refractivity contribution in [3.63, 3.8) is 0 Å². The Labute approximate surface area is 151 Å². The van der Waals surface area contributed by atoms with Gasteiger partial charge in [-0.15, -0.1) is 0 Å². The molecule has 0 amide bonds. The van der Waals surface area contributed by atoms with Gasteiger partial charge in [0.25, 0.3) is 0 Å². The minimum absolute atomic E-state index is 0.0855. The Balaban J connectivity index is 2.15. The summed E-state index contributed by atoms with van der Waals surface area (Å²) in [6, 6.07) is 8.75. The summed E-state index contributed by atoms with van der Waals surface area (Å²) in [5, 5.41) is 17.4. The second-order valence-electron chi connectivity index (χ2n) is 5.46. The van der Waals surface area contributed by atoms with E-state index in [-0.39, 0.29) is 5.75 Å². The zero-order valence-corrected chi connectivity index (χ0v) is 15.0. The minimum atomic E-state index is 0.0855. The maximum Gasteiger partial charge on any atom is 0.203 e. The fourth-order valence-corrected chi connectivity index (χ4v) is 2.80. The number of aromatic nitrogens is 2. The average Bonchev–Trinajstić information content (AvgIpc) is 3.15. The molecule has 7 nitrogen and oxygen atoms in total. The summed E-state index contributed by atoms with van der Waals surface area (Å²) in [5.41, 5.74) is 2.86. The Morgan fingerprint density at radius 1 is 0.846 bits per heavy atom. The van der Waals surface area contributed by atoms with E-state index in [0.29, 0.717) is 34.3 Å². The number of aromatic hydroxyl groups is 1. The summed E-state index contributed by atoms with van der Waals surface area (Å²) in [6.07, 6.45) is 1.68. The fraction of sp³-hybridized carbons (Fsp3) is 0.211. The monoisotopic (exact) mass is 356 g/mol. The molecule has 2 aromatic carbocycles. The zero-order valence-electron chi connectivity index (χ0n) is 15.0. The Morgan fingerprint density at radius 3 is 2.08 bits per heavy atom. The van der Waals surface area contributed by atoms with Gasteiger partial charge in [-0.1, -0.05) is 0 Å². The smallest absolute Gasteiger partial charge is 0.203 e. The molecule has 7 heteroatoms. The van der Waals surface area contributed by atoms with Crippen LogP contribution in [0.25, 0.3) is 22.4 Å². The van der Waals surface area contributed by atoms with Crippen LogP contribution < -0.4 is 18.9 Å². The van der Waals surface area contributed by atoms with Crippen LogP contribution in [0.2, 0.25) is 0 Å². The summed E-state index contributed by atoms with van der Waals surface area (Å²) in [5.74, 6) is 2.24. The largest absolute Gasteiger partial charge is 0.507 e. The molecule has 0 aliphatic rings. The van der Waals surface area contributed by atoms with Crippen LogP contribution in [0, 0.1) is 0 Å². The first-order chi connectivity index (χ1) is 12.6. The lowest BCUT2D eigenvalue weighted by molar-refractivity contribution is 0.324. The van der Waals surface area contributed by atoms with Gasteiger partial charge in [0.15, 0.2) is 11.5 Å². The van der Waals surface area contributed by atoms with Crippen molar-refractivity contribution in [2.45, 2.75) is 0 Å². The first kappa shape index (κ1) is 17.5. The number of hydrogen-bond acceptors (Lipinski definition) is 6. The van der Waals surface area contributed by atoms with E-state index < -0.39 is 0 Å². The molecule has 2 N–H and O–H groups in total. The van der Waals surface area contributed by atoms with Crippen LogP contribution in [0.4, 0.5) is 0 Å². The minimum Gasteiger partial charge on any atom is -0.507 e. The molecule has 26 heavy (non-hydrogen) atoms. The normalized spacial score (nSPS) is 10.5. The number of benzene rings is 2. The number of nitrogens with one attached hydrogen (secondary N) is 1. The summed E-state index contributed by atoms with van der Waals surface area (Å²) in [4.78, 5) is 0. The molecule has 0 saturated carbocycles. The summed E-state index contributed by atoms with van der Waals surface area (Å²) >= 11 is 0. The number of phenols is 1. The zero-order chi connectivity index (χ0) is 18.7. The van der Waals surface area contributed by atoms with Crippen LogP contribution >= 0.6 is 0 Å². The van der Waals surface area contributed by atoms with Crippen molar-refractivity contribution in [2.75, 3.05) is 28.4 Å². The highest BCUT2D eigenvalue weighted by Crippen LogP contribution is 2.44. The van der Waals surface area contributed by atoms with Gasteiger partial charge in [-0.05, 0) is 29.8 Å². The number of methoxy groups -OCH3 is 4. The van der Waals surface area contributed by atoms with Crippen LogP contribution in [0.5, 0.6) is 28.7 Å². The molecule has 3 rings (SSSR count). The van der Waals surface area contributed by atoms with Crippen LogP contribution in [-0.4, -0.2) is 43.7 Å². The van der Waals surface area contributed by atoms with E-state index >= 15 is 0 Å². The lowest BCUT2D eigenvalue weighted by Crippen LogP contribution is -1.96. The second-order valence-corrected chi connectivity index (χ2v) is 5.46. The average molecular weight is 356 g/mol. The van der Waals surface area contributed by atoms with Gasteiger partial charge >= 0.3 is 0 Å². The number of ether oxygens (including phenoxy) is 4. The number of aromatic amines is 1. The van der Waals surface area contributed by atoms with Gasteiger partial charge in [0.05, 0.1) is 40.3 Å². The molecule has 0 aliphatic heterocycles. The quantitative estimate of drug-likeness (QED) is 0.703. The van der Waals surface area contributed by atoms with Crippen LogP contribution in [0.15, 0.2) is 36.5 Å². The van der Waals surface area contributed by atoms with Crippen molar-refractivity contribution in [3.8, 4) is 51.1 Å². The van der Waals surface area contributed by atoms with Gasteiger partial charge in [-0.25, -0.2) is 0 Å². The van der Waals surface area contributed by atoms with Crippen LogP contribution in [0.1, 0.15) is 0 Å². The Bertz CT molecular complexity index is 895. The van der Waals surface area contributed by atoms with E-state index in [1.165, 1.54) is 0 Å². The number of rotatable bonds is 6. The van der Waals surface area contributed by atoms with Gasteiger partial charge < -0.3 is 24.1 Å². The number of nitrogens with zero attached hydrogens (tertiary/aromatic N) is 1. The molecule has 0 aliphatic carbocycles. The highest BCUT2D eigenvalue weighted by atomic mass is 16.5. The third kappa shape index (κ3) is 2.99. The van der Waals surface area contributed by atoms with Crippen LogP contribution in [-0.2, 0) is 0 Å². The third-order valence-corrected chi connectivity index (χ3v) is 4.09. The molecule has 0 spiro atoms. The van der Waals surface area contributed by atoms with Crippen LogP contribution in [0.3, 0.4) is 0 Å². The topological polar surface area (TPSA) is 85.8 Å². The summed E-state index contributed by atoms with van der Waals surface area (Å²) in [6.45, 7) is 0. The van der Waals surface area contributed by atoms with Gasteiger partial charge in [0.2, 0.25) is 5.75 Å². The van der Waals surface area contributed by atoms with Gasteiger partial charge in [-0.3, -0.25) is 5.10 Å². The SMILES string of the molecule is COc1ccc(-c2[nH]ncc2-c2cc(OC)c(OC)c(OC)c2)c(O)c1. The maximum absolute atomic E-state index is 10.4. The predicted molar refractivity (Wildman–Crippen MR) is 97.3 cm³/mol. The summed E-state index contributed by atoms with van der Waals surface area (Å²) < 4.78 is 21.3. The van der Waals surface area contributed by atoms with E-state index in [0.717, 1.165) is 11.1 Å². The second kappa shape index (κ2) is 7.26. The van der Waals surface area contributed by atoms with Crippen molar-refractivity contribution < 1.29 is 24.1 Å². The van der Waals surface area contributed by atoms with E-state index in [9.17, 15) is 5.11 Å². The number of phenolic OH excluding ortho intramolecular Hbond substituents is 1. The predicted octanol–water partition coefficient (Wildman–Crippen LogP) is 3.48. The lowest BCUT2D eigenvalue weighted by Gasteiger charge is -2.14. The highest BCUT2D eigenvalue weighted by molar-refractivity contribution is 5.85. The molecule has 1 heterocycles. The van der Waals surface area contributed by atoms with Gasteiger partial charge in [0, 0.05) is 17.2 Å². The standard InChI is InChI=1S/C19H20N2O5/c1-23-12-5-6-13(15(22)9-12)18-14(10-20-21-18)11-7-16(24-2)19(26-4)17(8-11)25-3/h5-10,22H,1-4H3,(H,20,21). The lowest BCUT2D eigenvalue weighted by atomic mass is 10.00. The van der Waals surface area contributed by atoms with E-state index in [1.54, 1.807) is 52.8 Å². The molecule has 1 aromatic heterocycles. The van der Waals surface area contributed by atoms with E-state index in [1.807, 2.05) is 12.1 Å². The Hall–Kier alpha value is -3.35. The van der Waals surface area contributed by atoms with E-state index in [4.69, 9.17) is 18.9 Å². The summed E-state index contributed by atoms with van der Waals surface area (Å²) in [7, 11) is 6.23. The van der Waals surface area contributed by atoms with E-state index in [2.05, 4.69) is 10.2 Å². The number of H-pyrrole nitrogens is 1.